The van der Waals surface area contributed by atoms with Gasteiger partial charge in [0.2, 0.25) is 0 Å². The molecule has 140 valence electrons. The van der Waals surface area contributed by atoms with Crippen molar-refractivity contribution in [2.24, 2.45) is 0 Å². The molecule has 0 radical (unpaired) electrons. The zero-order chi connectivity index (χ0) is 19.0. The summed E-state index contributed by atoms with van der Waals surface area (Å²) in [7, 11) is -1.77. The minimum Gasteiger partial charge on any atom is -0.383 e. The van der Waals surface area contributed by atoms with Gasteiger partial charge >= 0.3 is 10.1 Å². The molecule has 0 amide bonds. The molecule has 0 aliphatic heterocycles. The highest BCUT2D eigenvalue weighted by Gasteiger charge is 2.03. The Hall–Kier alpha value is -2.31. The molecule has 0 spiro atoms. The summed E-state index contributed by atoms with van der Waals surface area (Å²) >= 11 is 0. The Balaban J connectivity index is 1.81. The zero-order valence-corrected chi connectivity index (χ0v) is 16.1. The minimum atomic E-state index is -3.49. The maximum absolute atomic E-state index is 11.1. The van der Waals surface area contributed by atoms with E-state index in [-0.39, 0.29) is 6.10 Å². The van der Waals surface area contributed by atoms with Crippen LogP contribution < -0.4 is 9.50 Å². The van der Waals surface area contributed by atoms with Crippen LogP contribution in [0.4, 0.5) is 5.69 Å². The standard InChI is InChI=1S/C20H25NO4S/c1-16(24-2)15-18-6-10-19(11-7-18)21-14-4-5-17-8-12-20(13-9-17)25-26(3,22)23/h4-13,16,21H,14-15H2,1-3H3/b5-4+/t16-/m1/s1. The van der Waals surface area contributed by atoms with Crippen LogP contribution in [0, 0.1) is 0 Å². The first-order valence-corrected chi connectivity index (χ1v) is 10.2. The van der Waals surface area contributed by atoms with Crippen molar-refractivity contribution in [2.75, 3.05) is 25.2 Å². The van der Waals surface area contributed by atoms with Crippen molar-refractivity contribution in [3.8, 4) is 5.75 Å². The Kier molecular flexibility index (Phi) is 7.24. The van der Waals surface area contributed by atoms with Crippen molar-refractivity contribution >= 4 is 21.9 Å². The van der Waals surface area contributed by atoms with E-state index in [1.165, 1.54) is 5.56 Å². The molecular weight excluding hydrogens is 350 g/mol. The Morgan fingerprint density at radius 2 is 1.73 bits per heavy atom. The first-order valence-electron chi connectivity index (χ1n) is 8.37. The predicted molar refractivity (Wildman–Crippen MR) is 106 cm³/mol. The number of hydrogen-bond donors (Lipinski definition) is 1. The van der Waals surface area contributed by atoms with Gasteiger partial charge in [0.05, 0.1) is 12.4 Å². The first kappa shape index (κ1) is 20.0. The van der Waals surface area contributed by atoms with Gasteiger partial charge in [0.15, 0.2) is 0 Å². The molecular formula is C20H25NO4S. The fraction of sp³-hybridized carbons (Fsp3) is 0.300. The molecule has 0 bridgehead atoms. The van der Waals surface area contributed by atoms with Crippen LogP contribution in [0.2, 0.25) is 0 Å². The van der Waals surface area contributed by atoms with Gasteiger partial charge in [0.25, 0.3) is 0 Å². The van der Waals surface area contributed by atoms with Gasteiger partial charge in [0.1, 0.15) is 5.75 Å². The van der Waals surface area contributed by atoms with Crippen molar-refractivity contribution in [2.45, 2.75) is 19.4 Å². The molecule has 0 aliphatic rings. The van der Waals surface area contributed by atoms with E-state index in [9.17, 15) is 8.42 Å². The number of benzene rings is 2. The van der Waals surface area contributed by atoms with E-state index < -0.39 is 10.1 Å². The molecule has 2 rings (SSSR count). The van der Waals surface area contributed by atoms with Gasteiger partial charge in [-0.15, -0.1) is 0 Å². The molecule has 1 atom stereocenters. The highest BCUT2D eigenvalue weighted by Crippen LogP contribution is 2.15. The Labute approximate surface area is 155 Å². The summed E-state index contributed by atoms with van der Waals surface area (Å²) in [5.74, 6) is 0.311. The molecule has 0 fully saturated rings. The van der Waals surface area contributed by atoms with Gasteiger partial charge in [0, 0.05) is 19.3 Å². The summed E-state index contributed by atoms with van der Waals surface area (Å²) in [5.41, 5.74) is 3.27. The lowest BCUT2D eigenvalue weighted by atomic mass is 10.1. The normalized spacial score (nSPS) is 12.9. The third-order valence-corrected chi connectivity index (χ3v) is 4.24. The molecule has 0 aliphatic carbocycles. The van der Waals surface area contributed by atoms with Crippen molar-refractivity contribution < 1.29 is 17.3 Å². The maximum atomic E-state index is 11.1. The molecule has 6 heteroatoms. The van der Waals surface area contributed by atoms with Gasteiger partial charge in [-0.1, -0.05) is 36.4 Å². The summed E-state index contributed by atoms with van der Waals surface area (Å²) in [6.07, 6.45) is 6.11. The van der Waals surface area contributed by atoms with Crippen LogP contribution >= 0.6 is 0 Å². The summed E-state index contributed by atoms with van der Waals surface area (Å²) in [6, 6.07) is 15.2. The average molecular weight is 375 g/mol. The lowest BCUT2D eigenvalue weighted by molar-refractivity contribution is 0.119. The molecule has 0 saturated heterocycles. The third-order valence-electron chi connectivity index (χ3n) is 3.74. The topological polar surface area (TPSA) is 64.6 Å². The van der Waals surface area contributed by atoms with Gasteiger partial charge < -0.3 is 14.2 Å². The van der Waals surface area contributed by atoms with Crippen LogP contribution in [-0.2, 0) is 21.3 Å². The lowest BCUT2D eigenvalue weighted by Crippen LogP contribution is -2.08. The maximum Gasteiger partial charge on any atom is 0.306 e. The van der Waals surface area contributed by atoms with Gasteiger partial charge in [-0.25, -0.2) is 0 Å². The second-order valence-corrected chi connectivity index (χ2v) is 7.66. The van der Waals surface area contributed by atoms with Crippen LogP contribution in [0.5, 0.6) is 5.75 Å². The van der Waals surface area contributed by atoms with Crippen LogP contribution in [0.15, 0.2) is 54.6 Å². The molecule has 1 N–H and O–H groups in total. The highest BCUT2D eigenvalue weighted by atomic mass is 32.2. The number of ether oxygens (including phenoxy) is 1. The predicted octanol–water partition coefficient (Wildman–Crippen LogP) is 3.73. The molecule has 26 heavy (non-hydrogen) atoms. The first-order chi connectivity index (χ1) is 12.4. The SMILES string of the molecule is CO[C@H](C)Cc1ccc(NC/C=C/c2ccc(OS(C)(=O)=O)cc2)cc1. The summed E-state index contributed by atoms with van der Waals surface area (Å²) in [5, 5.41) is 3.33. The van der Waals surface area contributed by atoms with E-state index >= 15 is 0 Å². The quantitative estimate of drug-likeness (QED) is 0.677. The molecule has 5 nitrogen and oxygen atoms in total. The fourth-order valence-electron chi connectivity index (χ4n) is 2.36. The second-order valence-electron chi connectivity index (χ2n) is 6.09. The fourth-order valence-corrected chi connectivity index (χ4v) is 2.82. The average Bonchev–Trinajstić information content (AvgIpc) is 2.60. The summed E-state index contributed by atoms with van der Waals surface area (Å²) < 4.78 is 32.2. The molecule has 0 aromatic heterocycles. The van der Waals surface area contributed by atoms with Gasteiger partial charge in [-0.2, -0.15) is 8.42 Å². The van der Waals surface area contributed by atoms with E-state index in [4.69, 9.17) is 8.92 Å². The molecule has 2 aromatic rings. The van der Waals surface area contributed by atoms with Crippen molar-refractivity contribution in [1.29, 1.82) is 0 Å². The smallest absolute Gasteiger partial charge is 0.306 e. The van der Waals surface area contributed by atoms with Crippen LogP contribution in [0.1, 0.15) is 18.1 Å². The van der Waals surface area contributed by atoms with Crippen molar-refractivity contribution in [1.82, 2.24) is 0 Å². The van der Waals surface area contributed by atoms with Gasteiger partial charge in [-0.05, 0) is 48.7 Å². The number of hydrogen-bond acceptors (Lipinski definition) is 5. The molecule has 0 saturated carbocycles. The number of anilines is 1. The van der Waals surface area contributed by atoms with Crippen molar-refractivity contribution in [3.05, 3.63) is 65.7 Å². The Morgan fingerprint density at radius 1 is 1.08 bits per heavy atom. The minimum absolute atomic E-state index is 0.214. The molecule has 0 unspecified atom stereocenters. The summed E-state index contributed by atoms with van der Waals surface area (Å²) in [6.45, 7) is 2.74. The van der Waals surface area contributed by atoms with Crippen LogP contribution in [0.25, 0.3) is 6.08 Å². The van der Waals surface area contributed by atoms with E-state index in [2.05, 4.69) is 36.5 Å². The lowest BCUT2D eigenvalue weighted by Gasteiger charge is -2.10. The summed E-state index contributed by atoms with van der Waals surface area (Å²) in [4.78, 5) is 0. The van der Waals surface area contributed by atoms with E-state index in [1.54, 1.807) is 19.2 Å². The van der Waals surface area contributed by atoms with Crippen molar-refractivity contribution in [3.63, 3.8) is 0 Å². The van der Waals surface area contributed by atoms with E-state index in [1.807, 2.05) is 24.3 Å². The second kappa shape index (κ2) is 9.40. The monoisotopic (exact) mass is 375 g/mol. The molecule has 0 heterocycles. The molecule has 2 aromatic carbocycles. The van der Waals surface area contributed by atoms with Crippen LogP contribution in [0.3, 0.4) is 0 Å². The van der Waals surface area contributed by atoms with Gasteiger partial charge in [-0.3, -0.25) is 0 Å². The Bertz CT molecular complexity index is 812. The van der Waals surface area contributed by atoms with E-state index in [0.717, 1.165) is 23.9 Å². The van der Waals surface area contributed by atoms with E-state index in [0.29, 0.717) is 12.3 Å². The largest absolute Gasteiger partial charge is 0.383 e. The third kappa shape index (κ3) is 7.29. The van der Waals surface area contributed by atoms with Crippen LogP contribution in [-0.4, -0.2) is 34.4 Å². The Morgan fingerprint density at radius 3 is 2.31 bits per heavy atom. The number of rotatable bonds is 9. The zero-order valence-electron chi connectivity index (χ0n) is 15.3. The number of methoxy groups -OCH3 is 1. The number of nitrogens with one attached hydrogen (secondary N) is 1. The highest BCUT2D eigenvalue weighted by molar-refractivity contribution is 7.86.